The van der Waals surface area contributed by atoms with Crippen molar-refractivity contribution < 1.29 is 33.8 Å². The summed E-state index contributed by atoms with van der Waals surface area (Å²) in [6.45, 7) is 0.376. The maximum atomic E-state index is 10.9. The van der Waals surface area contributed by atoms with Crippen LogP contribution in [-0.4, -0.2) is 64.0 Å². The first kappa shape index (κ1) is 18.6. The third-order valence-corrected chi connectivity index (χ3v) is 4.71. The van der Waals surface area contributed by atoms with Crippen LogP contribution in [0.1, 0.15) is 12.6 Å². The van der Waals surface area contributed by atoms with E-state index >= 15 is 0 Å². The average Bonchev–Trinajstić information content (AvgIpc) is 3.06. The topological polar surface area (TPSA) is 209 Å². The Bertz CT molecular complexity index is 936. The number of nitrogen functional groups attached to an aromatic ring is 1. The summed E-state index contributed by atoms with van der Waals surface area (Å²) in [4.78, 5) is 25.4. The molecule has 2 aromatic heterocycles. The van der Waals surface area contributed by atoms with Crippen molar-refractivity contribution in [3.05, 3.63) is 18.2 Å². The second kappa shape index (κ2) is 5.93. The number of nitrogens with zero attached hydrogens (tertiary/aromatic N) is 5. The molecule has 3 rings (SSSR count). The van der Waals surface area contributed by atoms with E-state index in [1.165, 1.54) is 6.20 Å². The number of nitriles is 1. The van der Waals surface area contributed by atoms with Gasteiger partial charge in [-0.05, 0) is 6.92 Å². The monoisotopic (exact) mass is 386 g/mol. The number of nitrogens with two attached hydrogens (primary N) is 1. The van der Waals surface area contributed by atoms with Crippen molar-refractivity contribution in [1.82, 2.24) is 19.6 Å². The Morgan fingerprint density at radius 1 is 1.54 bits per heavy atom. The number of rotatable bonds is 4. The van der Waals surface area contributed by atoms with Gasteiger partial charge in [-0.15, -0.1) is 0 Å². The van der Waals surface area contributed by atoms with Crippen LogP contribution in [-0.2, 0) is 19.4 Å². The fourth-order valence-corrected chi connectivity index (χ4v) is 3.21. The molecular formula is C12H15N6O7P. The number of aromatic nitrogens is 4. The van der Waals surface area contributed by atoms with Gasteiger partial charge in [-0.1, -0.05) is 0 Å². The lowest BCUT2D eigenvalue weighted by molar-refractivity contribution is -0.109. The van der Waals surface area contributed by atoms with Crippen LogP contribution in [0.25, 0.3) is 5.65 Å². The number of phosphoric acid groups is 1. The minimum atomic E-state index is -4.85. The van der Waals surface area contributed by atoms with Gasteiger partial charge in [-0.25, -0.2) is 19.0 Å². The van der Waals surface area contributed by atoms with Crippen LogP contribution < -0.4 is 5.73 Å². The Kier molecular flexibility index (Phi) is 4.25. The van der Waals surface area contributed by atoms with Gasteiger partial charge in [0.15, 0.2) is 11.5 Å². The van der Waals surface area contributed by atoms with Crippen molar-refractivity contribution in [2.75, 3.05) is 12.3 Å². The van der Waals surface area contributed by atoms with Crippen LogP contribution in [0, 0.1) is 11.3 Å². The fourth-order valence-electron chi connectivity index (χ4n) is 2.87. The number of aliphatic hydroxyl groups excluding tert-OH is 1. The molecule has 140 valence electrons. The molecule has 0 spiro atoms. The zero-order valence-electron chi connectivity index (χ0n) is 13.3. The lowest BCUT2D eigenvalue weighted by Crippen LogP contribution is -2.52. The highest BCUT2D eigenvalue weighted by Gasteiger charge is 2.65. The molecule has 1 aliphatic rings. The highest BCUT2D eigenvalue weighted by molar-refractivity contribution is 7.46. The summed E-state index contributed by atoms with van der Waals surface area (Å²) in [6, 6.07) is 1.80. The molecule has 0 aromatic carbocycles. The second-order valence-electron chi connectivity index (χ2n) is 5.85. The number of phosphoric ester groups is 1. The third-order valence-electron chi connectivity index (χ3n) is 4.23. The molecule has 1 unspecified atom stereocenters. The third kappa shape index (κ3) is 2.65. The van der Waals surface area contributed by atoms with Gasteiger partial charge in [0.25, 0.3) is 0 Å². The molecule has 1 aliphatic heterocycles. The molecule has 6 N–H and O–H groups in total. The van der Waals surface area contributed by atoms with Crippen molar-refractivity contribution in [2.45, 2.75) is 30.3 Å². The lowest BCUT2D eigenvalue weighted by Gasteiger charge is -2.32. The van der Waals surface area contributed by atoms with Gasteiger partial charge < -0.3 is 30.5 Å². The molecule has 0 amide bonds. The molecule has 14 heteroatoms. The summed E-state index contributed by atoms with van der Waals surface area (Å²) < 4.78 is 21.9. The maximum absolute atomic E-state index is 10.9. The summed E-state index contributed by atoms with van der Waals surface area (Å²) in [5.74, 6) is 0.0129. The molecule has 4 atom stereocenters. The van der Waals surface area contributed by atoms with Crippen molar-refractivity contribution >= 4 is 19.3 Å². The normalized spacial score (nSPS) is 32.0. The van der Waals surface area contributed by atoms with Crippen molar-refractivity contribution in [3.63, 3.8) is 0 Å². The number of hydrogen-bond acceptors (Lipinski definition) is 10. The Morgan fingerprint density at radius 3 is 2.85 bits per heavy atom. The predicted molar refractivity (Wildman–Crippen MR) is 82.0 cm³/mol. The smallest absolute Gasteiger partial charge is 0.387 e. The molecule has 0 aliphatic carbocycles. The van der Waals surface area contributed by atoms with Crippen LogP contribution >= 0.6 is 7.82 Å². The van der Waals surface area contributed by atoms with E-state index in [-0.39, 0.29) is 17.2 Å². The first-order chi connectivity index (χ1) is 12.0. The SMILES string of the molecule is C[C@@]1(O)C(O)[C@@H](COP(=O)(O)O)O[C@@]1(C#N)c1cnc2c(N)ncnn12. The van der Waals surface area contributed by atoms with Crippen LogP contribution in [0.2, 0.25) is 0 Å². The zero-order chi connectivity index (χ0) is 19.3. The van der Waals surface area contributed by atoms with E-state index in [2.05, 4.69) is 19.6 Å². The first-order valence-corrected chi connectivity index (χ1v) is 8.71. The number of hydrogen-bond donors (Lipinski definition) is 5. The summed E-state index contributed by atoms with van der Waals surface area (Å²) in [6.07, 6.45) is -0.843. The molecule has 3 heterocycles. The summed E-state index contributed by atoms with van der Waals surface area (Å²) in [5.41, 5.74) is 1.38. The quantitative estimate of drug-likeness (QED) is 0.363. The summed E-state index contributed by atoms with van der Waals surface area (Å²) in [5, 5.41) is 34.9. The zero-order valence-corrected chi connectivity index (χ0v) is 14.2. The highest BCUT2D eigenvalue weighted by Crippen LogP contribution is 2.48. The Balaban J connectivity index is 2.09. The van der Waals surface area contributed by atoms with Crippen molar-refractivity contribution in [1.29, 1.82) is 5.26 Å². The van der Waals surface area contributed by atoms with Crippen molar-refractivity contribution in [3.8, 4) is 6.07 Å². The van der Waals surface area contributed by atoms with E-state index in [9.17, 15) is 20.0 Å². The number of imidazole rings is 1. The number of ether oxygens (including phenoxy) is 1. The molecule has 0 radical (unpaired) electrons. The minimum Gasteiger partial charge on any atom is -0.387 e. The van der Waals surface area contributed by atoms with Gasteiger partial charge in [0.05, 0.1) is 12.8 Å². The molecule has 1 fully saturated rings. The van der Waals surface area contributed by atoms with E-state index in [0.717, 1.165) is 17.8 Å². The minimum absolute atomic E-state index is 0.0129. The van der Waals surface area contributed by atoms with E-state index < -0.39 is 37.8 Å². The van der Waals surface area contributed by atoms with E-state index in [4.69, 9.17) is 20.3 Å². The van der Waals surface area contributed by atoms with Crippen LogP contribution in [0.15, 0.2) is 12.5 Å². The fraction of sp³-hybridized carbons (Fsp3) is 0.500. The van der Waals surface area contributed by atoms with Gasteiger partial charge >= 0.3 is 7.82 Å². The van der Waals surface area contributed by atoms with Gasteiger partial charge in [0.1, 0.15) is 35.9 Å². The predicted octanol–water partition coefficient (Wildman–Crippen LogP) is -1.95. The van der Waals surface area contributed by atoms with E-state index in [1.54, 1.807) is 6.07 Å². The van der Waals surface area contributed by atoms with Crippen LogP contribution in [0.5, 0.6) is 0 Å². The van der Waals surface area contributed by atoms with E-state index in [1.807, 2.05) is 0 Å². The van der Waals surface area contributed by atoms with Gasteiger partial charge in [0, 0.05) is 0 Å². The number of aliphatic hydroxyl groups is 2. The first-order valence-electron chi connectivity index (χ1n) is 7.18. The lowest BCUT2D eigenvalue weighted by atomic mass is 9.80. The molecule has 26 heavy (non-hydrogen) atoms. The summed E-state index contributed by atoms with van der Waals surface area (Å²) in [7, 11) is -4.85. The average molecular weight is 386 g/mol. The van der Waals surface area contributed by atoms with Crippen molar-refractivity contribution in [2.24, 2.45) is 0 Å². The number of anilines is 1. The Hall–Kier alpha value is -2.17. The highest BCUT2D eigenvalue weighted by atomic mass is 31.2. The molecule has 2 aromatic rings. The van der Waals surface area contributed by atoms with E-state index in [0.29, 0.717) is 0 Å². The molecular weight excluding hydrogens is 371 g/mol. The molecule has 0 bridgehead atoms. The molecule has 0 saturated carbocycles. The number of fused-ring (bicyclic) bond motifs is 1. The van der Waals surface area contributed by atoms with Gasteiger partial charge in [-0.2, -0.15) is 10.4 Å². The van der Waals surface area contributed by atoms with Crippen LogP contribution in [0.4, 0.5) is 5.82 Å². The largest absolute Gasteiger partial charge is 0.469 e. The molecule has 13 nitrogen and oxygen atoms in total. The van der Waals surface area contributed by atoms with Gasteiger partial charge in [0.2, 0.25) is 5.60 Å². The standard InChI is InChI=1S/C12H15N6O7P/c1-11(20)8(19)6(3-24-26(21,22)23)25-12(11,4-13)7-2-15-10-9(14)16-5-17-18(7)10/h2,5-6,8,19-20H,3H2,1H3,(H2,14,16,17)(H2,21,22,23)/t6-,8?,11-,12+/m1/s1. The second-order valence-corrected chi connectivity index (χ2v) is 7.09. The Labute approximate surface area is 145 Å². The summed E-state index contributed by atoms with van der Waals surface area (Å²) >= 11 is 0. The Morgan fingerprint density at radius 2 is 2.23 bits per heavy atom. The maximum Gasteiger partial charge on any atom is 0.469 e. The van der Waals surface area contributed by atoms with Gasteiger partial charge in [-0.3, -0.25) is 4.52 Å². The van der Waals surface area contributed by atoms with Crippen LogP contribution in [0.3, 0.4) is 0 Å². The molecule has 1 saturated heterocycles.